The minimum absolute atomic E-state index is 0.124. The van der Waals surface area contributed by atoms with E-state index in [1.807, 2.05) is 0 Å². The molecule has 4 rings (SSSR count). The van der Waals surface area contributed by atoms with E-state index in [0.717, 1.165) is 0 Å². The van der Waals surface area contributed by atoms with E-state index in [0.29, 0.717) is 5.82 Å². The molecule has 3 aromatic rings. The molecule has 5 atom stereocenters. The molecule has 6 N–H and O–H groups in total. The van der Waals surface area contributed by atoms with Crippen molar-refractivity contribution >= 4 is 49.6 Å². The highest BCUT2D eigenvalue weighted by Gasteiger charge is 2.45. The Morgan fingerprint density at radius 3 is 2.59 bits per heavy atom. The van der Waals surface area contributed by atoms with Gasteiger partial charge >= 0.3 is 15.2 Å². The van der Waals surface area contributed by atoms with Gasteiger partial charge in [-0.05, 0) is 11.6 Å². The number of hydrogen-bond acceptors (Lipinski definition) is 12. The summed E-state index contributed by atoms with van der Waals surface area (Å²) in [5, 5.41) is 23.6. The first kappa shape index (κ1) is 25.0. The number of ether oxygens (including phenoxy) is 1. The van der Waals surface area contributed by atoms with Gasteiger partial charge in [0.05, 0.1) is 19.1 Å². The molecule has 0 spiro atoms. The monoisotopic (exact) mass is 537 g/mol. The van der Waals surface area contributed by atoms with E-state index in [1.165, 1.54) is 29.5 Å². The number of hydrogen-bond donors (Lipinski definition) is 6. The highest BCUT2D eigenvalue weighted by Crippen LogP contribution is 2.55. The first-order valence-electron chi connectivity index (χ1n) is 9.39. The second-order valence-electron chi connectivity index (χ2n) is 7.17. The molecular weight excluding hydrogens is 520 g/mol. The molecule has 0 aliphatic carbocycles. The van der Waals surface area contributed by atoms with Crippen LogP contribution in [0.4, 0.5) is 11.6 Å². The molecule has 3 aromatic heterocycles. The number of aliphatic hydroxyl groups excluding tert-OH is 2. The van der Waals surface area contributed by atoms with Gasteiger partial charge < -0.3 is 39.5 Å². The van der Waals surface area contributed by atoms with Crippen molar-refractivity contribution in [3.63, 3.8) is 0 Å². The smallest absolute Gasteiger partial charge is 0.340 e. The summed E-state index contributed by atoms with van der Waals surface area (Å²) >= 11 is 6.04. The van der Waals surface area contributed by atoms with E-state index in [9.17, 15) is 24.2 Å². The molecule has 16 nitrogen and oxygen atoms in total. The first-order chi connectivity index (χ1) is 15.9. The van der Waals surface area contributed by atoms with Crippen LogP contribution in [0.25, 0.3) is 11.2 Å². The Morgan fingerprint density at radius 2 is 1.91 bits per heavy atom. The summed E-state index contributed by atoms with van der Waals surface area (Å²) in [6.45, 7) is -0.732. The predicted octanol–water partition coefficient (Wildman–Crippen LogP) is -0.0303. The Labute approximate surface area is 195 Å². The Morgan fingerprint density at radius 1 is 1.15 bits per heavy atom. The molecule has 184 valence electrons. The molecule has 1 fully saturated rings. The number of imidazole rings is 1. The molecule has 0 aromatic carbocycles. The Balaban J connectivity index is 1.56. The topological polar surface area (TPSA) is 235 Å². The molecule has 34 heavy (non-hydrogen) atoms. The number of halogens is 1. The highest BCUT2D eigenvalue weighted by atomic mass is 35.5. The molecule has 0 saturated carbocycles. The fourth-order valence-corrected chi connectivity index (χ4v) is 5.94. The fraction of sp³-hybridized carbons (Fsp3) is 0.400. The van der Waals surface area contributed by atoms with Crippen LogP contribution >= 0.6 is 26.8 Å². The van der Waals surface area contributed by atoms with Gasteiger partial charge in [0.1, 0.15) is 24.1 Å². The lowest BCUT2D eigenvalue weighted by atomic mass is 10.1. The molecule has 1 aliphatic rings. The number of anilines is 2. The van der Waals surface area contributed by atoms with Gasteiger partial charge in [-0.2, -0.15) is 9.97 Å². The van der Waals surface area contributed by atoms with Crippen molar-refractivity contribution in [3.05, 3.63) is 30.2 Å². The van der Waals surface area contributed by atoms with Crippen molar-refractivity contribution in [2.45, 2.75) is 24.5 Å². The van der Waals surface area contributed by atoms with Gasteiger partial charge in [-0.3, -0.25) is 18.7 Å². The summed E-state index contributed by atoms with van der Waals surface area (Å²) in [4.78, 5) is 47.7. The van der Waals surface area contributed by atoms with Crippen molar-refractivity contribution in [1.29, 1.82) is 0 Å². The van der Waals surface area contributed by atoms with Crippen LogP contribution in [0.3, 0.4) is 0 Å². The lowest BCUT2D eigenvalue weighted by Gasteiger charge is -2.18. The quantitative estimate of drug-likeness (QED) is 0.163. The third-order valence-electron chi connectivity index (χ3n) is 4.62. The van der Waals surface area contributed by atoms with Crippen molar-refractivity contribution in [2.24, 2.45) is 0 Å². The van der Waals surface area contributed by atoms with Crippen LogP contribution in [-0.2, 0) is 18.4 Å². The zero-order valence-corrected chi connectivity index (χ0v) is 19.4. The number of nitrogens with one attached hydrogen (secondary N) is 1. The van der Waals surface area contributed by atoms with Gasteiger partial charge in [0, 0.05) is 12.4 Å². The van der Waals surface area contributed by atoms with Gasteiger partial charge in [0.2, 0.25) is 5.28 Å². The lowest BCUT2D eigenvalue weighted by Crippen LogP contribution is -2.33. The van der Waals surface area contributed by atoms with Crippen molar-refractivity contribution in [1.82, 2.24) is 29.5 Å². The van der Waals surface area contributed by atoms with Crippen molar-refractivity contribution < 1.29 is 43.3 Å². The van der Waals surface area contributed by atoms with Gasteiger partial charge in [0.15, 0.2) is 29.1 Å². The largest absolute Gasteiger partial charge is 0.387 e. The van der Waals surface area contributed by atoms with E-state index in [4.69, 9.17) is 30.6 Å². The van der Waals surface area contributed by atoms with Crippen LogP contribution in [-0.4, -0.2) is 85.2 Å². The number of aliphatic hydroxyl groups is 2. The van der Waals surface area contributed by atoms with Gasteiger partial charge in [-0.1, -0.05) is 0 Å². The van der Waals surface area contributed by atoms with E-state index in [-0.39, 0.29) is 22.3 Å². The van der Waals surface area contributed by atoms with Gasteiger partial charge in [0.25, 0.3) is 0 Å². The first-order valence-corrected chi connectivity index (χ1v) is 13.3. The number of aromatic nitrogens is 6. The summed E-state index contributed by atoms with van der Waals surface area (Å²) in [5.74, 6) is -0.875. The third kappa shape index (κ3) is 5.58. The molecule has 1 saturated heterocycles. The van der Waals surface area contributed by atoms with Crippen molar-refractivity contribution in [2.75, 3.05) is 17.8 Å². The summed E-state index contributed by atoms with van der Waals surface area (Å²) in [6, 6.07) is 0. The summed E-state index contributed by atoms with van der Waals surface area (Å²) in [6.07, 6.45) is -0.0642. The van der Waals surface area contributed by atoms with Crippen LogP contribution < -0.4 is 5.32 Å². The summed E-state index contributed by atoms with van der Waals surface area (Å²) < 4.78 is 34.4. The molecule has 0 radical (unpaired) electrons. The zero-order chi connectivity index (χ0) is 24.7. The minimum atomic E-state index is -4.83. The van der Waals surface area contributed by atoms with E-state index >= 15 is 0 Å². The molecule has 4 heterocycles. The minimum Gasteiger partial charge on any atom is -0.387 e. The van der Waals surface area contributed by atoms with Crippen LogP contribution in [0.5, 0.6) is 0 Å². The van der Waals surface area contributed by atoms with E-state index in [2.05, 4.69) is 30.2 Å². The van der Waals surface area contributed by atoms with Crippen molar-refractivity contribution in [3.8, 4) is 0 Å². The summed E-state index contributed by atoms with van der Waals surface area (Å²) in [7, 11) is -9.52. The normalized spacial score (nSPS) is 24.9. The highest BCUT2D eigenvalue weighted by molar-refractivity contribution is 7.70. The molecular formula is C15H18ClN7O9P2. The van der Waals surface area contributed by atoms with Gasteiger partial charge in [-0.25, -0.2) is 9.97 Å². The molecule has 0 amide bonds. The lowest BCUT2D eigenvalue weighted by molar-refractivity contribution is -0.0483. The fourth-order valence-electron chi connectivity index (χ4n) is 3.21. The van der Waals surface area contributed by atoms with Crippen LogP contribution in [0.2, 0.25) is 5.28 Å². The SMILES string of the molecule is O=P(O)(O)CP(=O)(O)OC[C@H]1O[C@@H](n2cnc3c(Nc4cnccn4)nc(Cl)nc32)[C@@H](O)C1O. The second kappa shape index (κ2) is 9.51. The molecule has 1 aliphatic heterocycles. The Bertz CT molecular complexity index is 1280. The van der Waals surface area contributed by atoms with E-state index < -0.39 is 52.2 Å². The summed E-state index contributed by atoms with van der Waals surface area (Å²) in [5.41, 5.74) is 0.347. The standard InChI is InChI=1S/C15H18ClN7O9P2/c16-15-21-12(20-8-3-17-1-2-18-8)9-13(22-15)23(5-19-9)14-11(25)10(24)7(32-14)4-31-34(29,30)6-33(26,27)28/h1-3,5,7,10-11,14,24-25H,4,6H2,(H,29,30)(H2,26,27,28)(H,18,20,21,22)/t7-,10?,11+,14-/m1/s1. The molecule has 2 unspecified atom stereocenters. The van der Waals surface area contributed by atoms with E-state index in [1.54, 1.807) is 0 Å². The zero-order valence-electron chi connectivity index (χ0n) is 16.9. The maximum atomic E-state index is 11.9. The Hall–Kier alpha value is -2.10. The van der Waals surface area contributed by atoms with Crippen LogP contribution in [0.1, 0.15) is 6.23 Å². The maximum Gasteiger partial charge on any atom is 0.340 e. The van der Waals surface area contributed by atoms with Gasteiger partial charge in [-0.15, -0.1) is 0 Å². The molecule has 19 heteroatoms. The maximum absolute atomic E-state index is 11.9. The number of fused-ring (bicyclic) bond motifs is 1. The number of rotatable bonds is 8. The average Bonchev–Trinajstić information content (AvgIpc) is 3.27. The van der Waals surface area contributed by atoms with Crippen LogP contribution in [0.15, 0.2) is 24.9 Å². The average molecular weight is 538 g/mol. The molecule has 0 bridgehead atoms. The second-order valence-corrected chi connectivity index (χ2v) is 11.5. The van der Waals surface area contributed by atoms with Crippen LogP contribution in [0, 0.1) is 0 Å². The number of nitrogens with zero attached hydrogens (tertiary/aromatic N) is 6. The predicted molar refractivity (Wildman–Crippen MR) is 114 cm³/mol. The Kier molecular flexibility index (Phi) is 6.99. The third-order valence-corrected chi connectivity index (χ3v) is 8.24.